The first-order valence-electron chi connectivity index (χ1n) is 16.1. The molecule has 0 aliphatic heterocycles. The maximum Gasteiger partial charge on any atom is 0.164 e. The Bertz CT molecular complexity index is 2280. The zero-order valence-electron chi connectivity index (χ0n) is 26.2. The van der Waals surface area contributed by atoms with Crippen molar-refractivity contribution in [2.75, 3.05) is 0 Å². The molecule has 0 spiro atoms. The average Bonchev–Trinajstić information content (AvgIpc) is 3.19. The maximum absolute atomic E-state index is 4.96. The number of hydrogen-bond acceptors (Lipinski definition) is 3. The van der Waals surface area contributed by atoms with Crippen LogP contribution in [0, 0.1) is 0 Å². The first-order valence-corrected chi connectivity index (χ1v) is 16.1. The molecule has 3 heteroatoms. The van der Waals surface area contributed by atoms with Crippen molar-refractivity contribution >= 4 is 0 Å². The summed E-state index contributed by atoms with van der Waals surface area (Å²) in [5, 5.41) is 0. The fraction of sp³-hybridized carbons (Fsp3) is 0. The van der Waals surface area contributed by atoms with Crippen LogP contribution in [0.2, 0.25) is 0 Å². The molecule has 48 heavy (non-hydrogen) atoms. The average molecular weight is 614 g/mol. The van der Waals surface area contributed by atoms with Crippen molar-refractivity contribution in [3.05, 3.63) is 188 Å². The Morgan fingerprint density at radius 3 is 0.812 bits per heavy atom. The summed E-state index contributed by atoms with van der Waals surface area (Å²) >= 11 is 0. The summed E-state index contributed by atoms with van der Waals surface area (Å²) < 4.78 is 0. The minimum Gasteiger partial charge on any atom is -0.208 e. The van der Waals surface area contributed by atoms with Gasteiger partial charge in [-0.1, -0.05) is 188 Å². The Kier molecular flexibility index (Phi) is 7.92. The molecule has 0 saturated heterocycles. The van der Waals surface area contributed by atoms with Gasteiger partial charge in [-0.25, -0.2) is 15.0 Å². The second kappa shape index (κ2) is 13.1. The van der Waals surface area contributed by atoms with Gasteiger partial charge >= 0.3 is 0 Å². The van der Waals surface area contributed by atoms with Gasteiger partial charge in [0.1, 0.15) is 0 Å². The molecule has 0 amide bonds. The van der Waals surface area contributed by atoms with Crippen LogP contribution in [0.25, 0.3) is 78.7 Å². The van der Waals surface area contributed by atoms with Crippen LogP contribution in [-0.4, -0.2) is 15.0 Å². The first-order chi connectivity index (χ1) is 23.8. The summed E-state index contributed by atoms with van der Waals surface area (Å²) in [7, 11) is 0. The lowest BCUT2D eigenvalue weighted by Crippen LogP contribution is -2.00. The lowest BCUT2D eigenvalue weighted by molar-refractivity contribution is 1.07. The second-order valence-corrected chi connectivity index (χ2v) is 11.7. The Balaban J connectivity index is 1.10. The lowest BCUT2D eigenvalue weighted by Gasteiger charge is -2.11. The van der Waals surface area contributed by atoms with Crippen molar-refractivity contribution in [2.45, 2.75) is 0 Å². The summed E-state index contributed by atoms with van der Waals surface area (Å²) in [6.45, 7) is 0. The van der Waals surface area contributed by atoms with Crippen molar-refractivity contribution in [1.82, 2.24) is 15.0 Å². The van der Waals surface area contributed by atoms with Crippen molar-refractivity contribution in [3.63, 3.8) is 0 Å². The minimum absolute atomic E-state index is 0.644. The van der Waals surface area contributed by atoms with E-state index in [1.165, 1.54) is 27.8 Å². The molecule has 1 aromatic heterocycles. The third-order valence-corrected chi connectivity index (χ3v) is 8.60. The number of nitrogens with zero attached hydrogens (tertiary/aromatic N) is 3. The molecule has 7 aromatic carbocycles. The van der Waals surface area contributed by atoms with Crippen LogP contribution >= 0.6 is 0 Å². The standard InChI is InChI=1S/C45H31N3/c1-4-12-32(13-5-1)33-22-28-39(29-23-33)44-46-43(38-16-8-3-9-17-38)47-45(48-44)40-30-24-35(25-31-40)34-20-26-37(27-21-34)42-19-11-10-18-41(42)36-14-6-2-7-15-36/h1-31H. The van der Waals surface area contributed by atoms with Gasteiger partial charge in [-0.2, -0.15) is 0 Å². The van der Waals surface area contributed by atoms with Gasteiger partial charge in [0, 0.05) is 16.7 Å². The normalized spacial score (nSPS) is 10.9. The van der Waals surface area contributed by atoms with Gasteiger partial charge < -0.3 is 0 Å². The third kappa shape index (κ3) is 6.05. The Labute approximate surface area is 280 Å². The number of aromatic nitrogens is 3. The van der Waals surface area contributed by atoms with Crippen LogP contribution in [0.1, 0.15) is 0 Å². The van der Waals surface area contributed by atoms with E-state index in [-0.39, 0.29) is 0 Å². The second-order valence-electron chi connectivity index (χ2n) is 11.7. The van der Waals surface area contributed by atoms with E-state index in [2.05, 4.69) is 152 Å². The lowest BCUT2D eigenvalue weighted by atomic mass is 9.93. The molecule has 0 aliphatic rings. The molecule has 0 radical (unpaired) electrons. The molecular weight excluding hydrogens is 583 g/mol. The van der Waals surface area contributed by atoms with Gasteiger partial charge in [0.25, 0.3) is 0 Å². The molecule has 3 nitrogen and oxygen atoms in total. The van der Waals surface area contributed by atoms with Gasteiger partial charge in [0.05, 0.1) is 0 Å². The molecule has 0 fully saturated rings. The van der Waals surface area contributed by atoms with Crippen LogP contribution in [0.15, 0.2) is 188 Å². The summed E-state index contributed by atoms with van der Waals surface area (Å²) in [5.41, 5.74) is 12.3. The van der Waals surface area contributed by atoms with E-state index < -0.39 is 0 Å². The zero-order chi connectivity index (χ0) is 32.1. The van der Waals surface area contributed by atoms with Crippen LogP contribution in [0.5, 0.6) is 0 Å². The molecular formula is C45H31N3. The Morgan fingerprint density at radius 1 is 0.188 bits per heavy atom. The van der Waals surface area contributed by atoms with E-state index in [0.29, 0.717) is 17.5 Å². The van der Waals surface area contributed by atoms with Gasteiger partial charge in [0.15, 0.2) is 17.5 Å². The molecule has 226 valence electrons. The number of rotatable bonds is 7. The number of hydrogen-bond donors (Lipinski definition) is 0. The highest BCUT2D eigenvalue weighted by molar-refractivity contribution is 5.84. The van der Waals surface area contributed by atoms with E-state index in [9.17, 15) is 0 Å². The number of benzene rings is 7. The van der Waals surface area contributed by atoms with E-state index in [4.69, 9.17) is 15.0 Å². The molecule has 0 N–H and O–H groups in total. The largest absolute Gasteiger partial charge is 0.208 e. The van der Waals surface area contributed by atoms with Crippen molar-refractivity contribution in [3.8, 4) is 78.7 Å². The van der Waals surface area contributed by atoms with Gasteiger partial charge in [-0.3, -0.25) is 0 Å². The van der Waals surface area contributed by atoms with E-state index in [1.807, 2.05) is 36.4 Å². The van der Waals surface area contributed by atoms with E-state index in [0.717, 1.165) is 33.4 Å². The van der Waals surface area contributed by atoms with Crippen LogP contribution in [0.3, 0.4) is 0 Å². The molecule has 1 heterocycles. The predicted molar refractivity (Wildman–Crippen MR) is 198 cm³/mol. The van der Waals surface area contributed by atoms with Gasteiger partial charge in [0.2, 0.25) is 0 Å². The zero-order valence-corrected chi connectivity index (χ0v) is 26.2. The monoisotopic (exact) mass is 613 g/mol. The fourth-order valence-electron chi connectivity index (χ4n) is 6.05. The highest BCUT2D eigenvalue weighted by atomic mass is 15.0. The first kappa shape index (κ1) is 29.0. The highest BCUT2D eigenvalue weighted by Crippen LogP contribution is 2.34. The van der Waals surface area contributed by atoms with Crippen LogP contribution in [0.4, 0.5) is 0 Å². The highest BCUT2D eigenvalue weighted by Gasteiger charge is 2.13. The molecule has 0 atom stereocenters. The van der Waals surface area contributed by atoms with Gasteiger partial charge in [-0.15, -0.1) is 0 Å². The summed E-state index contributed by atoms with van der Waals surface area (Å²) in [6.07, 6.45) is 0. The topological polar surface area (TPSA) is 38.7 Å². The third-order valence-electron chi connectivity index (χ3n) is 8.60. The smallest absolute Gasteiger partial charge is 0.164 e. The molecule has 0 aliphatic carbocycles. The van der Waals surface area contributed by atoms with E-state index in [1.54, 1.807) is 0 Å². The fourth-order valence-corrected chi connectivity index (χ4v) is 6.05. The Hall–Kier alpha value is -6.45. The van der Waals surface area contributed by atoms with Crippen LogP contribution in [-0.2, 0) is 0 Å². The van der Waals surface area contributed by atoms with Crippen molar-refractivity contribution < 1.29 is 0 Å². The molecule has 0 bridgehead atoms. The Morgan fingerprint density at radius 2 is 0.417 bits per heavy atom. The minimum atomic E-state index is 0.644. The van der Waals surface area contributed by atoms with Crippen LogP contribution < -0.4 is 0 Å². The predicted octanol–water partition coefficient (Wildman–Crippen LogP) is 11.5. The summed E-state index contributed by atoms with van der Waals surface area (Å²) in [6, 6.07) is 65.3. The SMILES string of the molecule is c1ccc(-c2ccc(-c3nc(-c4ccccc4)nc(-c4ccc(-c5ccc(-c6ccccc6-c6ccccc6)cc5)cc4)n3)cc2)cc1. The van der Waals surface area contributed by atoms with Crippen molar-refractivity contribution in [1.29, 1.82) is 0 Å². The maximum atomic E-state index is 4.96. The molecule has 0 saturated carbocycles. The van der Waals surface area contributed by atoms with Crippen molar-refractivity contribution in [2.24, 2.45) is 0 Å². The van der Waals surface area contributed by atoms with Gasteiger partial charge in [-0.05, 0) is 44.5 Å². The molecule has 8 rings (SSSR count). The molecule has 8 aromatic rings. The molecule has 0 unspecified atom stereocenters. The summed E-state index contributed by atoms with van der Waals surface area (Å²) in [4.78, 5) is 14.8. The summed E-state index contributed by atoms with van der Waals surface area (Å²) in [5.74, 6) is 1.94. The van der Waals surface area contributed by atoms with E-state index >= 15 is 0 Å². The quantitative estimate of drug-likeness (QED) is 0.179.